The lowest BCUT2D eigenvalue weighted by Crippen LogP contribution is -2.29. The molecule has 0 radical (unpaired) electrons. The van der Waals surface area contributed by atoms with Crippen LogP contribution in [0.3, 0.4) is 0 Å². The van der Waals surface area contributed by atoms with E-state index in [1.807, 2.05) is 17.5 Å². The molecule has 2 aromatic rings. The monoisotopic (exact) mass is 318 g/mol. The number of aromatic hydroxyl groups is 1. The zero-order chi connectivity index (χ0) is 16.2. The van der Waals surface area contributed by atoms with Gasteiger partial charge in [-0.05, 0) is 29.7 Å². The minimum absolute atomic E-state index is 0.0112. The molecule has 0 unspecified atom stereocenters. The molecule has 0 saturated heterocycles. The molecule has 0 aliphatic carbocycles. The minimum atomic E-state index is 0.0112. The van der Waals surface area contributed by atoms with Crippen molar-refractivity contribution in [2.75, 3.05) is 6.54 Å². The van der Waals surface area contributed by atoms with Gasteiger partial charge >= 0.3 is 0 Å². The van der Waals surface area contributed by atoms with Gasteiger partial charge in [-0.25, -0.2) is 4.98 Å². The Morgan fingerprint density at radius 2 is 1.95 bits per heavy atom. The predicted octanol–water partition coefficient (Wildman–Crippen LogP) is 3.61. The van der Waals surface area contributed by atoms with Crippen LogP contribution in [0.4, 0.5) is 0 Å². The third-order valence-electron chi connectivity index (χ3n) is 3.07. The number of benzene rings is 1. The van der Waals surface area contributed by atoms with E-state index in [4.69, 9.17) is 0 Å². The van der Waals surface area contributed by atoms with Crippen LogP contribution in [0.25, 0.3) is 11.3 Å². The second-order valence-corrected chi connectivity index (χ2v) is 7.45. The lowest BCUT2D eigenvalue weighted by Gasteiger charge is -2.16. The second kappa shape index (κ2) is 6.92. The molecule has 0 atom stereocenters. The van der Waals surface area contributed by atoms with Crippen LogP contribution in [0.5, 0.6) is 5.75 Å². The van der Waals surface area contributed by atoms with Crippen molar-refractivity contribution in [2.24, 2.45) is 5.41 Å². The summed E-state index contributed by atoms with van der Waals surface area (Å²) < 4.78 is 0. The second-order valence-electron chi connectivity index (χ2n) is 6.51. The maximum absolute atomic E-state index is 11.8. The van der Waals surface area contributed by atoms with Crippen LogP contribution in [-0.4, -0.2) is 22.5 Å². The molecule has 2 N–H and O–H groups in total. The highest BCUT2D eigenvalue weighted by Crippen LogP contribution is 2.24. The van der Waals surface area contributed by atoms with Crippen LogP contribution in [-0.2, 0) is 11.2 Å². The fraction of sp³-hybridized carbons (Fsp3) is 0.412. The average Bonchev–Trinajstić information content (AvgIpc) is 2.86. The van der Waals surface area contributed by atoms with Gasteiger partial charge in [0, 0.05) is 30.3 Å². The van der Waals surface area contributed by atoms with Crippen molar-refractivity contribution >= 4 is 17.2 Å². The van der Waals surface area contributed by atoms with Crippen molar-refractivity contribution < 1.29 is 9.90 Å². The first kappa shape index (κ1) is 16.5. The first-order valence-corrected chi connectivity index (χ1v) is 8.22. The fourth-order valence-corrected chi connectivity index (χ4v) is 2.85. The molecule has 4 nitrogen and oxygen atoms in total. The molecule has 0 bridgehead atoms. The molecule has 0 spiro atoms. The van der Waals surface area contributed by atoms with Gasteiger partial charge in [-0.2, -0.15) is 0 Å². The Morgan fingerprint density at radius 3 is 2.59 bits per heavy atom. The summed E-state index contributed by atoms with van der Waals surface area (Å²) in [5.41, 5.74) is 1.90. The van der Waals surface area contributed by atoms with Gasteiger partial charge in [0.2, 0.25) is 5.91 Å². The van der Waals surface area contributed by atoms with Crippen LogP contribution in [0.15, 0.2) is 29.6 Å². The number of phenolic OH excluding ortho intramolecular Hbond substituents is 1. The van der Waals surface area contributed by atoms with E-state index < -0.39 is 0 Å². The molecule has 1 heterocycles. The first-order valence-electron chi connectivity index (χ1n) is 7.34. The lowest BCUT2D eigenvalue weighted by molar-refractivity contribution is -0.122. The van der Waals surface area contributed by atoms with Crippen LogP contribution in [0.2, 0.25) is 0 Å². The Labute approximate surface area is 135 Å². The Balaban J connectivity index is 1.85. The van der Waals surface area contributed by atoms with Gasteiger partial charge in [-0.1, -0.05) is 20.8 Å². The van der Waals surface area contributed by atoms with E-state index >= 15 is 0 Å². The maximum Gasteiger partial charge on any atom is 0.220 e. The Kier molecular flexibility index (Phi) is 5.19. The number of hydrogen-bond donors (Lipinski definition) is 2. The Bertz CT molecular complexity index is 627. The van der Waals surface area contributed by atoms with Crippen LogP contribution in [0.1, 0.15) is 32.2 Å². The van der Waals surface area contributed by atoms with Crippen molar-refractivity contribution in [3.8, 4) is 17.0 Å². The summed E-state index contributed by atoms with van der Waals surface area (Å²) in [6.45, 7) is 6.77. The smallest absolute Gasteiger partial charge is 0.220 e. The molecular weight excluding hydrogens is 296 g/mol. The largest absolute Gasteiger partial charge is 0.508 e. The number of amides is 1. The van der Waals surface area contributed by atoms with Crippen LogP contribution >= 0.6 is 11.3 Å². The zero-order valence-electron chi connectivity index (χ0n) is 13.2. The molecule has 118 valence electrons. The molecule has 1 aromatic carbocycles. The highest BCUT2D eigenvalue weighted by atomic mass is 32.1. The van der Waals surface area contributed by atoms with Gasteiger partial charge in [0.15, 0.2) is 0 Å². The van der Waals surface area contributed by atoms with Crippen molar-refractivity contribution in [3.63, 3.8) is 0 Å². The van der Waals surface area contributed by atoms with E-state index in [9.17, 15) is 9.90 Å². The summed E-state index contributed by atoms with van der Waals surface area (Å²) in [7, 11) is 0. The number of phenols is 1. The van der Waals surface area contributed by atoms with E-state index in [0.29, 0.717) is 13.0 Å². The number of aromatic nitrogens is 1. The van der Waals surface area contributed by atoms with Gasteiger partial charge in [0.1, 0.15) is 5.75 Å². The quantitative estimate of drug-likeness (QED) is 0.885. The number of hydrogen-bond acceptors (Lipinski definition) is 4. The molecule has 2 rings (SSSR count). The lowest BCUT2D eigenvalue weighted by atomic mass is 9.92. The van der Waals surface area contributed by atoms with Gasteiger partial charge in [0.25, 0.3) is 0 Å². The van der Waals surface area contributed by atoms with E-state index in [-0.39, 0.29) is 17.1 Å². The topological polar surface area (TPSA) is 62.2 Å². The molecular formula is C17H22N2O2S. The van der Waals surface area contributed by atoms with Gasteiger partial charge in [-0.15, -0.1) is 11.3 Å². The average molecular weight is 318 g/mol. The fourth-order valence-electron chi connectivity index (χ4n) is 2.04. The Morgan fingerprint density at radius 1 is 1.27 bits per heavy atom. The summed E-state index contributed by atoms with van der Waals surface area (Å²) in [6, 6.07) is 7.00. The summed E-state index contributed by atoms with van der Waals surface area (Å²) in [5.74, 6) is 0.337. The number of nitrogens with one attached hydrogen (secondary N) is 1. The maximum atomic E-state index is 11.8. The standard InChI is InChI=1S/C17H22N2O2S/c1-17(2,3)10-15(21)18-9-8-16-19-14(11-22-16)12-4-6-13(20)7-5-12/h4-7,11,20H,8-10H2,1-3H3,(H,18,21). The Hall–Kier alpha value is -1.88. The molecule has 0 aliphatic rings. The first-order chi connectivity index (χ1) is 10.3. The summed E-state index contributed by atoms with van der Waals surface area (Å²) in [4.78, 5) is 16.3. The van der Waals surface area contributed by atoms with Gasteiger partial charge < -0.3 is 10.4 Å². The third-order valence-corrected chi connectivity index (χ3v) is 3.98. The molecule has 22 heavy (non-hydrogen) atoms. The molecule has 0 saturated carbocycles. The third kappa shape index (κ3) is 5.15. The minimum Gasteiger partial charge on any atom is -0.508 e. The zero-order valence-corrected chi connectivity index (χ0v) is 14.0. The number of carbonyl (C=O) groups is 1. The van der Waals surface area contributed by atoms with E-state index in [0.717, 1.165) is 22.7 Å². The highest BCUT2D eigenvalue weighted by molar-refractivity contribution is 7.09. The van der Waals surface area contributed by atoms with E-state index in [2.05, 4.69) is 31.1 Å². The van der Waals surface area contributed by atoms with Crippen molar-refractivity contribution in [1.29, 1.82) is 0 Å². The van der Waals surface area contributed by atoms with Crippen molar-refractivity contribution in [1.82, 2.24) is 10.3 Å². The van der Waals surface area contributed by atoms with Crippen molar-refractivity contribution in [3.05, 3.63) is 34.7 Å². The number of rotatable bonds is 5. The van der Waals surface area contributed by atoms with Crippen LogP contribution < -0.4 is 5.32 Å². The number of carbonyl (C=O) groups excluding carboxylic acids is 1. The molecule has 0 fully saturated rings. The van der Waals surface area contributed by atoms with Crippen molar-refractivity contribution in [2.45, 2.75) is 33.6 Å². The summed E-state index contributed by atoms with van der Waals surface area (Å²) in [5, 5.41) is 15.2. The number of thiazole rings is 1. The molecule has 0 aliphatic heterocycles. The summed E-state index contributed by atoms with van der Waals surface area (Å²) in [6.07, 6.45) is 1.27. The van der Waals surface area contributed by atoms with E-state index in [1.54, 1.807) is 23.5 Å². The normalized spacial score (nSPS) is 11.4. The highest BCUT2D eigenvalue weighted by Gasteiger charge is 2.15. The predicted molar refractivity (Wildman–Crippen MR) is 90.0 cm³/mol. The van der Waals surface area contributed by atoms with Crippen LogP contribution in [0, 0.1) is 5.41 Å². The number of nitrogens with zero attached hydrogens (tertiary/aromatic N) is 1. The molecule has 5 heteroatoms. The van der Waals surface area contributed by atoms with E-state index in [1.165, 1.54) is 0 Å². The molecule has 1 amide bonds. The van der Waals surface area contributed by atoms with Gasteiger partial charge in [0.05, 0.1) is 10.7 Å². The SMILES string of the molecule is CC(C)(C)CC(=O)NCCc1nc(-c2ccc(O)cc2)cs1. The summed E-state index contributed by atoms with van der Waals surface area (Å²) >= 11 is 1.59. The van der Waals surface area contributed by atoms with Gasteiger partial charge in [-0.3, -0.25) is 4.79 Å². The molecule has 1 aromatic heterocycles.